The lowest BCUT2D eigenvalue weighted by atomic mass is 10.1. The molecule has 0 bridgehead atoms. The Morgan fingerprint density at radius 3 is 2.34 bits per heavy atom. The summed E-state index contributed by atoms with van der Waals surface area (Å²) in [5, 5.41) is 6.97. The van der Waals surface area contributed by atoms with Gasteiger partial charge in [0.2, 0.25) is 0 Å². The molecule has 170 valence electrons. The molecule has 1 amide bonds. The monoisotopic (exact) mass is 450 g/mol. The third-order valence-electron chi connectivity index (χ3n) is 4.15. The van der Waals surface area contributed by atoms with Crippen molar-refractivity contribution in [1.82, 2.24) is 14.8 Å². The number of halogens is 3. The number of nitrogens with one attached hydrogen (secondary N) is 1. The number of carbonyl (C=O) groups is 2. The Labute approximate surface area is 181 Å². The van der Waals surface area contributed by atoms with Crippen LogP contribution in [0.5, 0.6) is 0 Å². The van der Waals surface area contributed by atoms with Crippen molar-refractivity contribution in [1.29, 1.82) is 0 Å². The van der Waals surface area contributed by atoms with Gasteiger partial charge in [-0.2, -0.15) is 18.3 Å². The average Bonchev–Trinajstić information content (AvgIpc) is 3.12. The van der Waals surface area contributed by atoms with E-state index in [4.69, 9.17) is 9.47 Å². The molecule has 1 aromatic carbocycles. The highest BCUT2D eigenvalue weighted by Crippen LogP contribution is 2.36. The fourth-order valence-corrected chi connectivity index (χ4v) is 3.01. The standard InChI is InChI=1S/C21H21F3N4O4/c1-5-31-18(29)14-10-26-28(16(14)21(22,23)24)15-11-25-17(13-9-7-6-8-12(13)15)27-19(30)32-20(2,3)4/h6-11H,5H2,1-4H3,(H,25,27,30). The molecular weight excluding hydrogens is 429 g/mol. The molecule has 0 atom stereocenters. The number of fused-ring (bicyclic) bond motifs is 1. The first-order valence-corrected chi connectivity index (χ1v) is 9.63. The molecule has 0 aliphatic rings. The van der Waals surface area contributed by atoms with Crippen LogP contribution in [0.25, 0.3) is 16.5 Å². The number of esters is 1. The Morgan fingerprint density at radius 2 is 1.75 bits per heavy atom. The number of nitrogens with zero attached hydrogens (tertiary/aromatic N) is 3. The Hall–Kier alpha value is -3.63. The van der Waals surface area contributed by atoms with E-state index in [1.165, 1.54) is 6.92 Å². The maximum Gasteiger partial charge on any atom is 0.434 e. The first-order chi connectivity index (χ1) is 14.9. The molecule has 0 saturated carbocycles. The number of ether oxygens (including phenoxy) is 2. The second-order valence-electron chi connectivity index (χ2n) is 7.70. The van der Waals surface area contributed by atoms with Crippen LogP contribution in [0.15, 0.2) is 36.7 Å². The minimum absolute atomic E-state index is 0.0294. The third-order valence-corrected chi connectivity index (χ3v) is 4.15. The Bertz CT molecular complexity index is 1170. The van der Waals surface area contributed by atoms with Crippen LogP contribution >= 0.6 is 0 Å². The van der Waals surface area contributed by atoms with Gasteiger partial charge in [-0.15, -0.1) is 0 Å². The Morgan fingerprint density at radius 1 is 1.09 bits per heavy atom. The van der Waals surface area contributed by atoms with Gasteiger partial charge in [0.1, 0.15) is 17.0 Å². The fraction of sp³-hybridized carbons (Fsp3) is 0.333. The summed E-state index contributed by atoms with van der Waals surface area (Å²) in [5.41, 5.74) is -2.77. The molecule has 2 aromatic heterocycles. The molecule has 8 nitrogen and oxygen atoms in total. The number of hydrogen-bond donors (Lipinski definition) is 1. The highest BCUT2D eigenvalue weighted by molar-refractivity contribution is 6.01. The van der Waals surface area contributed by atoms with Gasteiger partial charge in [-0.25, -0.2) is 19.3 Å². The van der Waals surface area contributed by atoms with Crippen molar-refractivity contribution in [2.75, 3.05) is 11.9 Å². The van der Waals surface area contributed by atoms with Gasteiger partial charge in [0.15, 0.2) is 5.69 Å². The summed E-state index contributed by atoms with van der Waals surface area (Å²) in [5.74, 6) is -1.03. The fourth-order valence-electron chi connectivity index (χ4n) is 3.01. The van der Waals surface area contributed by atoms with Crippen LogP contribution in [0.1, 0.15) is 43.7 Å². The first-order valence-electron chi connectivity index (χ1n) is 9.63. The zero-order valence-electron chi connectivity index (χ0n) is 17.8. The topological polar surface area (TPSA) is 95.3 Å². The molecule has 0 saturated heterocycles. The summed E-state index contributed by atoms with van der Waals surface area (Å²) in [7, 11) is 0. The van der Waals surface area contributed by atoms with E-state index >= 15 is 0 Å². The molecule has 0 aliphatic heterocycles. The summed E-state index contributed by atoms with van der Waals surface area (Å²) in [6.45, 7) is 6.48. The zero-order chi connectivity index (χ0) is 23.7. The highest BCUT2D eigenvalue weighted by atomic mass is 19.4. The maximum atomic E-state index is 13.9. The number of hydrogen-bond acceptors (Lipinski definition) is 6. The molecule has 0 unspecified atom stereocenters. The summed E-state index contributed by atoms with van der Waals surface area (Å²) < 4.78 is 52.2. The molecule has 32 heavy (non-hydrogen) atoms. The summed E-state index contributed by atoms with van der Waals surface area (Å²) in [6, 6.07) is 6.40. The van der Waals surface area contributed by atoms with Crippen LogP contribution in [-0.2, 0) is 15.7 Å². The van der Waals surface area contributed by atoms with Gasteiger partial charge < -0.3 is 9.47 Å². The van der Waals surface area contributed by atoms with Crippen molar-refractivity contribution in [2.24, 2.45) is 0 Å². The molecule has 1 N–H and O–H groups in total. The van der Waals surface area contributed by atoms with E-state index in [9.17, 15) is 22.8 Å². The average molecular weight is 450 g/mol. The summed E-state index contributed by atoms with van der Waals surface area (Å²) in [6.07, 6.45) is -3.72. The summed E-state index contributed by atoms with van der Waals surface area (Å²) in [4.78, 5) is 28.3. The molecular formula is C21H21F3N4O4. The predicted octanol–water partition coefficient (Wildman–Crippen LogP) is 4.96. The van der Waals surface area contributed by atoms with Crippen LogP contribution in [0.3, 0.4) is 0 Å². The highest BCUT2D eigenvalue weighted by Gasteiger charge is 2.41. The van der Waals surface area contributed by atoms with Crippen molar-refractivity contribution in [3.8, 4) is 5.69 Å². The number of pyridine rings is 1. The third kappa shape index (κ3) is 4.82. The normalized spacial score (nSPS) is 12.0. The van der Waals surface area contributed by atoms with Gasteiger partial charge in [-0.1, -0.05) is 24.3 Å². The largest absolute Gasteiger partial charge is 0.462 e. The number of alkyl halides is 3. The molecule has 11 heteroatoms. The van der Waals surface area contributed by atoms with E-state index < -0.39 is 35.1 Å². The SMILES string of the molecule is CCOC(=O)c1cnn(-c2cnc(NC(=O)OC(C)(C)C)c3ccccc23)c1C(F)(F)F. The lowest BCUT2D eigenvalue weighted by Crippen LogP contribution is -2.27. The van der Waals surface area contributed by atoms with Crippen molar-refractivity contribution < 1.29 is 32.2 Å². The molecule has 3 aromatic rings. The van der Waals surface area contributed by atoms with Gasteiger partial charge in [-0.3, -0.25) is 5.32 Å². The number of benzene rings is 1. The molecule has 0 spiro atoms. The van der Waals surface area contributed by atoms with Crippen LogP contribution in [0.2, 0.25) is 0 Å². The van der Waals surface area contributed by atoms with Gasteiger partial charge in [0.05, 0.1) is 24.7 Å². The van der Waals surface area contributed by atoms with E-state index in [0.717, 1.165) is 12.4 Å². The Balaban J connectivity index is 2.14. The minimum atomic E-state index is -4.90. The molecule has 0 radical (unpaired) electrons. The molecule has 3 rings (SSSR count). The van der Waals surface area contributed by atoms with Crippen molar-refractivity contribution in [2.45, 2.75) is 39.5 Å². The maximum absolute atomic E-state index is 13.9. The zero-order valence-corrected chi connectivity index (χ0v) is 17.8. The minimum Gasteiger partial charge on any atom is -0.462 e. The van der Waals surface area contributed by atoms with Crippen LogP contribution in [0, 0.1) is 0 Å². The van der Waals surface area contributed by atoms with Crippen LogP contribution in [-0.4, -0.2) is 39.0 Å². The lowest BCUT2D eigenvalue weighted by molar-refractivity contribution is -0.143. The van der Waals surface area contributed by atoms with E-state index in [1.807, 2.05) is 0 Å². The predicted molar refractivity (Wildman–Crippen MR) is 110 cm³/mol. The van der Waals surface area contributed by atoms with Crippen molar-refractivity contribution >= 4 is 28.7 Å². The van der Waals surface area contributed by atoms with Crippen molar-refractivity contribution in [3.63, 3.8) is 0 Å². The molecule has 0 aliphatic carbocycles. The van der Waals surface area contributed by atoms with E-state index in [0.29, 0.717) is 15.5 Å². The number of aromatic nitrogens is 3. The van der Waals surface area contributed by atoms with Gasteiger partial charge in [0.25, 0.3) is 0 Å². The second kappa shape index (κ2) is 8.48. The van der Waals surface area contributed by atoms with Gasteiger partial charge in [-0.05, 0) is 27.7 Å². The number of anilines is 1. The smallest absolute Gasteiger partial charge is 0.434 e. The van der Waals surface area contributed by atoms with Gasteiger partial charge in [0, 0.05) is 10.8 Å². The van der Waals surface area contributed by atoms with E-state index in [2.05, 4.69) is 15.4 Å². The Kier molecular flexibility index (Phi) is 6.11. The lowest BCUT2D eigenvalue weighted by Gasteiger charge is -2.20. The second-order valence-corrected chi connectivity index (χ2v) is 7.70. The van der Waals surface area contributed by atoms with Gasteiger partial charge >= 0.3 is 18.2 Å². The van der Waals surface area contributed by atoms with Crippen LogP contribution < -0.4 is 5.32 Å². The number of amides is 1. The number of carbonyl (C=O) groups excluding carboxylic acids is 2. The van der Waals surface area contributed by atoms with E-state index in [1.54, 1.807) is 45.0 Å². The quantitative estimate of drug-likeness (QED) is 0.565. The van der Waals surface area contributed by atoms with Crippen LogP contribution in [0.4, 0.5) is 23.8 Å². The first kappa shape index (κ1) is 23.0. The van der Waals surface area contributed by atoms with Crippen molar-refractivity contribution in [3.05, 3.63) is 47.9 Å². The van der Waals surface area contributed by atoms with E-state index in [-0.39, 0.29) is 18.1 Å². The molecule has 0 fully saturated rings. The molecule has 2 heterocycles. The number of rotatable bonds is 4. The summed E-state index contributed by atoms with van der Waals surface area (Å²) >= 11 is 0.